The quantitative estimate of drug-likeness (QED) is 0.260. The molecule has 0 N–H and O–H groups in total. The van der Waals surface area contributed by atoms with Crippen LogP contribution in [0.25, 0.3) is 33.8 Å². The lowest BCUT2D eigenvalue weighted by atomic mass is 10.0. The van der Waals surface area contributed by atoms with Gasteiger partial charge in [0, 0.05) is 19.2 Å². The van der Waals surface area contributed by atoms with Gasteiger partial charge in [-0.15, -0.1) is 0 Å². The maximum absolute atomic E-state index is 15.3. The van der Waals surface area contributed by atoms with Gasteiger partial charge >= 0.3 is 6.18 Å². The molecule has 41 heavy (non-hydrogen) atoms. The van der Waals surface area contributed by atoms with Crippen LogP contribution in [0.4, 0.5) is 17.6 Å². The molecule has 13 heteroatoms. The van der Waals surface area contributed by atoms with E-state index in [9.17, 15) is 13.2 Å². The molecular weight excluding hydrogens is 540 g/mol. The summed E-state index contributed by atoms with van der Waals surface area (Å²) in [4.78, 5) is 22.3. The van der Waals surface area contributed by atoms with E-state index in [2.05, 4.69) is 15.0 Å². The molecule has 0 bridgehead atoms. The van der Waals surface area contributed by atoms with E-state index in [0.717, 1.165) is 60.8 Å². The minimum absolute atomic E-state index is 0.0219. The molecule has 210 valence electrons. The summed E-state index contributed by atoms with van der Waals surface area (Å²) in [6.45, 7) is 0.204. The SMILES string of the molecule is COc1ncnc(C2CC2)c1-c1nc2c3c(nn(Cc4ccc(-c5nc(C(F)(F)F)cn5C)c(F)c4)c3n1)CCC2. The minimum atomic E-state index is -4.62. The largest absolute Gasteiger partial charge is 0.480 e. The van der Waals surface area contributed by atoms with Gasteiger partial charge in [-0.3, -0.25) is 0 Å². The Morgan fingerprint density at radius 1 is 1.05 bits per heavy atom. The summed E-state index contributed by atoms with van der Waals surface area (Å²) >= 11 is 0. The molecule has 2 aliphatic rings. The molecule has 1 saturated carbocycles. The lowest BCUT2D eigenvalue weighted by Gasteiger charge is -2.14. The van der Waals surface area contributed by atoms with Gasteiger partial charge < -0.3 is 9.30 Å². The third-order valence-electron chi connectivity index (χ3n) is 7.56. The minimum Gasteiger partial charge on any atom is -0.480 e. The van der Waals surface area contributed by atoms with Crippen molar-refractivity contribution in [3.05, 3.63) is 64.9 Å². The lowest BCUT2D eigenvalue weighted by molar-refractivity contribution is -0.140. The van der Waals surface area contributed by atoms with E-state index in [1.807, 2.05) is 0 Å². The first-order valence-corrected chi connectivity index (χ1v) is 13.3. The van der Waals surface area contributed by atoms with Gasteiger partial charge in [-0.25, -0.2) is 34.0 Å². The average Bonchev–Trinajstić information content (AvgIpc) is 3.63. The maximum atomic E-state index is 15.3. The van der Waals surface area contributed by atoms with E-state index in [4.69, 9.17) is 19.8 Å². The van der Waals surface area contributed by atoms with Crippen LogP contribution in [0.5, 0.6) is 5.88 Å². The van der Waals surface area contributed by atoms with Crippen molar-refractivity contribution in [3.63, 3.8) is 0 Å². The second kappa shape index (κ2) is 9.32. The summed E-state index contributed by atoms with van der Waals surface area (Å²) in [6.07, 6.45) is 2.21. The number of imidazole rings is 1. The van der Waals surface area contributed by atoms with E-state index in [1.54, 1.807) is 17.9 Å². The number of methoxy groups -OCH3 is 1. The van der Waals surface area contributed by atoms with E-state index in [-0.39, 0.29) is 17.9 Å². The fraction of sp³-hybridized carbons (Fsp3) is 0.357. The molecule has 1 aromatic carbocycles. The monoisotopic (exact) mass is 564 g/mol. The summed E-state index contributed by atoms with van der Waals surface area (Å²) in [6, 6.07) is 4.40. The standard InChI is InChI=1S/C28H24F4N8O/c1-39-12-20(28(30,31)32)36-25(39)16-9-6-14(10-17(16)29)11-40-26-21-18(4-3-5-19(21)38-40)35-24(37-26)22-23(15-7-8-15)33-13-34-27(22)41-2/h6,9-10,12-13,15H,3-5,7-8,11H2,1-2H3. The molecule has 7 rings (SSSR count). The number of ether oxygens (including phenoxy) is 1. The fourth-order valence-corrected chi connectivity index (χ4v) is 5.50. The smallest absolute Gasteiger partial charge is 0.434 e. The number of aryl methyl sites for hydroxylation is 3. The molecule has 5 aromatic rings. The van der Waals surface area contributed by atoms with Crippen LogP contribution in [0.15, 0.2) is 30.7 Å². The molecule has 4 heterocycles. The molecule has 0 amide bonds. The number of hydrogen-bond acceptors (Lipinski definition) is 7. The van der Waals surface area contributed by atoms with Crippen molar-refractivity contribution < 1.29 is 22.3 Å². The molecule has 0 radical (unpaired) electrons. The van der Waals surface area contributed by atoms with Gasteiger partial charge in [0.15, 0.2) is 17.2 Å². The van der Waals surface area contributed by atoms with Gasteiger partial charge in [-0.1, -0.05) is 6.07 Å². The third-order valence-corrected chi connectivity index (χ3v) is 7.56. The molecule has 0 saturated heterocycles. The highest BCUT2D eigenvalue weighted by molar-refractivity contribution is 5.84. The van der Waals surface area contributed by atoms with Crippen LogP contribution in [-0.2, 0) is 32.6 Å². The molecule has 0 aliphatic heterocycles. The van der Waals surface area contributed by atoms with Crippen molar-refractivity contribution >= 4 is 11.0 Å². The number of rotatable bonds is 6. The molecule has 0 spiro atoms. The molecule has 1 fully saturated rings. The summed E-state index contributed by atoms with van der Waals surface area (Å²) in [5, 5.41) is 5.70. The first-order chi connectivity index (χ1) is 19.7. The Morgan fingerprint density at radius 2 is 1.85 bits per heavy atom. The molecule has 0 atom stereocenters. The zero-order chi connectivity index (χ0) is 28.5. The average molecular weight is 565 g/mol. The maximum Gasteiger partial charge on any atom is 0.434 e. The first-order valence-electron chi connectivity index (χ1n) is 13.3. The van der Waals surface area contributed by atoms with Crippen LogP contribution in [0, 0.1) is 5.82 Å². The van der Waals surface area contributed by atoms with E-state index >= 15 is 4.39 Å². The Hall–Kier alpha value is -4.42. The number of hydrogen-bond donors (Lipinski definition) is 0. The zero-order valence-corrected chi connectivity index (χ0v) is 22.2. The highest BCUT2D eigenvalue weighted by Gasteiger charge is 2.35. The van der Waals surface area contributed by atoms with E-state index < -0.39 is 17.7 Å². The number of benzene rings is 1. The van der Waals surface area contributed by atoms with Gasteiger partial charge in [0.05, 0.1) is 41.7 Å². The lowest BCUT2D eigenvalue weighted by Crippen LogP contribution is -2.08. The van der Waals surface area contributed by atoms with Crippen LogP contribution >= 0.6 is 0 Å². The van der Waals surface area contributed by atoms with Gasteiger partial charge in [-0.05, 0) is 49.8 Å². The molecular formula is C28H24F4N8O. The first kappa shape index (κ1) is 25.5. The van der Waals surface area contributed by atoms with Crippen LogP contribution < -0.4 is 4.74 Å². The number of halogens is 4. The normalized spacial score (nSPS) is 15.1. The summed E-state index contributed by atoms with van der Waals surface area (Å²) < 4.78 is 63.1. The Morgan fingerprint density at radius 3 is 2.56 bits per heavy atom. The van der Waals surface area contributed by atoms with E-state index in [0.29, 0.717) is 34.4 Å². The topological polar surface area (TPSA) is 96.4 Å². The van der Waals surface area contributed by atoms with Gasteiger partial charge in [0.25, 0.3) is 0 Å². The van der Waals surface area contributed by atoms with Crippen LogP contribution in [0.3, 0.4) is 0 Å². The fourth-order valence-electron chi connectivity index (χ4n) is 5.50. The van der Waals surface area contributed by atoms with Crippen molar-refractivity contribution in [2.24, 2.45) is 7.05 Å². The van der Waals surface area contributed by atoms with E-state index in [1.165, 1.54) is 30.1 Å². The predicted molar refractivity (Wildman–Crippen MR) is 140 cm³/mol. The van der Waals surface area contributed by atoms with Gasteiger partial charge in [0.2, 0.25) is 5.88 Å². The highest BCUT2D eigenvalue weighted by Crippen LogP contribution is 2.45. The van der Waals surface area contributed by atoms with Crippen molar-refractivity contribution in [3.8, 4) is 28.7 Å². The molecule has 9 nitrogen and oxygen atoms in total. The number of aromatic nitrogens is 8. The zero-order valence-electron chi connectivity index (χ0n) is 22.2. The molecule has 2 aliphatic carbocycles. The summed E-state index contributed by atoms with van der Waals surface area (Å²) in [5.41, 5.74) is 3.43. The Labute approximate surface area is 231 Å². The summed E-state index contributed by atoms with van der Waals surface area (Å²) in [7, 11) is 2.96. The van der Waals surface area contributed by atoms with Crippen molar-refractivity contribution in [1.29, 1.82) is 0 Å². The highest BCUT2D eigenvalue weighted by atomic mass is 19.4. The number of alkyl halides is 3. The van der Waals surface area contributed by atoms with Crippen LogP contribution in [-0.4, -0.2) is 46.4 Å². The van der Waals surface area contributed by atoms with Gasteiger partial charge in [0.1, 0.15) is 23.5 Å². The molecule has 4 aromatic heterocycles. The predicted octanol–water partition coefficient (Wildman–Crippen LogP) is 5.26. The Kier molecular flexibility index (Phi) is 5.80. The third kappa shape index (κ3) is 4.39. The van der Waals surface area contributed by atoms with Crippen molar-refractivity contribution in [1.82, 2.24) is 39.3 Å². The van der Waals surface area contributed by atoms with Crippen LogP contribution in [0.2, 0.25) is 0 Å². The second-order valence-electron chi connectivity index (χ2n) is 10.4. The van der Waals surface area contributed by atoms with Crippen molar-refractivity contribution in [2.75, 3.05) is 7.11 Å². The Bertz CT molecular complexity index is 1820. The number of nitrogens with zero attached hydrogens (tertiary/aromatic N) is 8. The van der Waals surface area contributed by atoms with Crippen molar-refractivity contribution in [2.45, 2.75) is 50.7 Å². The van der Waals surface area contributed by atoms with Crippen LogP contribution in [0.1, 0.15) is 53.5 Å². The second-order valence-corrected chi connectivity index (χ2v) is 10.4. The molecule has 0 unspecified atom stereocenters. The summed E-state index contributed by atoms with van der Waals surface area (Å²) in [5.74, 6) is 0.411. The van der Waals surface area contributed by atoms with Gasteiger partial charge in [-0.2, -0.15) is 18.3 Å². The Balaban J connectivity index is 1.29.